The highest BCUT2D eigenvalue weighted by Crippen LogP contribution is 2.14. The highest BCUT2D eigenvalue weighted by Gasteiger charge is 2.08. The highest BCUT2D eigenvalue weighted by molar-refractivity contribution is 6.02. The van der Waals surface area contributed by atoms with Gasteiger partial charge in [0.05, 0.1) is 18.5 Å². The molecule has 1 amide bonds. The largest absolute Gasteiger partial charge is 0.395 e. The molecule has 0 fully saturated rings. The van der Waals surface area contributed by atoms with Gasteiger partial charge in [0.2, 0.25) is 0 Å². The first-order chi connectivity index (χ1) is 10.1. The predicted octanol–water partition coefficient (Wildman–Crippen LogP) is 1.47. The molecule has 0 aromatic carbocycles. The number of aromatic nitrogens is 2. The molecule has 2 aromatic rings. The van der Waals surface area contributed by atoms with Crippen molar-refractivity contribution in [2.75, 3.05) is 30.4 Å². The van der Waals surface area contributed by atoms with E-state index in [4.69, 9.17) is 5.11 Å². The van der Waals surface area contributed by atoms with Crippen molar-refractivity contribution in [2.45, 2.75) is 6.92 Å². The molecule has 0 unspecified atom stereocenters. The van der Waals surface area contributed by atoms with E-state index in [0.717, 1.165) is 11.4 Å². The summed E-state index contributed by atoms with van der Waals surface area (Å²) in [6, 6.07) is 8.84. The number of amides is 1. The summed E-state index contributed by atoms with van der Waals surface area (Å²) < 4.78 is 0. The van der Waals surface area contributed by atoms with Crippen molar-refractivity contribution in [3.63, 3.8) is 0 Å². The van der Waals surface area contributed by atoms with E-state index in [-0.39, 0.29) is 12.5 Å². The molecule has 0 saturated carbocycles. The summed E-state index contributed by atoms with van der Waals surface area (Å²) >= 11 is 0. The third-order valence-corrected chi connectivity index (χ3v) is 2.99. The predicted molar refractivity (Wildman–Crippen MR) is 81.5 cm³/mol. The van der Waals surface area contributed by atoms with E-state index < -0.39 is 0 Å². The van der Waals surface area contributed by atoms with Crippen LogP contribution in [0.25, 0.3) is 0 Å². The summed E-state index contributed by atoms with van der Waals surface area (Å²) in [4.78, 5) is 22.3. The SMILES string of the molecule is Cc1cccc(C(=O)Nc2ccc(N(C)CCO)cn2)n1. The molecule has 2 N–H and O–H groups in total. The lowest BCUT2D eigenvalue weighted by atomic mass is 10.3. The molecule has 6 nitrogen and oxygen atoms in total. The van der Waals surface area contributed by atoms with E-state index in [1.165, 1.54) is 0 Å². The van der Waals surface area contributed by atoms with Gasteiger partial charge in [-0.3, -0.25) is 4.79 Å². The number of aliphatic hydroxyl groups excluding tert-OH is 1. The maximum Gasteiger partial charge on any atom is 0.275 e. The van der Waals surface area contributed by atoms with E-state index >= 15 is 0 Å². The third-order valence-electron chi connectivity index (χ3n) is 2.99. The second-order valence-electron chi connectivity index (χ2n) is 4.67. The van der Waals surface area contributed by atoms with Crippen LogP contribution >= 0.6 is 0 Å². The maximum atomic E-state index is 12.0. The fourth-order valence-corrected chi connectivity index (χ4v) is 1.81. The van der Waals surface area contributed by atoms with Crippen molar-refractivity contribution < 1.29 is 9.90 Å². The molecule has 0 bridgehead atoms. The van der Waals surface area contributed by atoms with Crippen molar-refractivity contribution in [1.29, 1.82) is 0 Å². The molecule has 110 valence electrons. The monoisotopic (exact) mass is 286 g/mol. The van der Waals surface area contributed by atoms with Crippen LogP contribution in [0.4, 0.5) is 11.5 Å². The Balaban J connectivity index is 2.05. The van der Waals surface area contributed by atoms with Crippen molar-refractivity contribution in [2.24, 2.45) is 0 Å². The number of carbonyl (C=O) groups excluding carboxylic acids is 1. The second kappa shape index (κ2) is 6.81. The Labute approximate surface area is 123 Å². The van der Waals surface area contributed by atoms with Crippen LogP contribution < -0.4 is 10.2 Å². The molecule has 2 aromatic heterocycles. The zero-order valence-corrected chi connectivity index (χ0v) is 12.1. The number of likely N-dealkylation sites (N-methyl/N-ethyl adjacent to an activating group) is 1. The molecule has 21 heavy (non-hydrogen) atoms. The molecule has 0 atom stereocenters. The number of nitrogens with zero attached hydrogens (tertiary/aromatic N) is 3. The van der Waals surface area contributed by atoms with Crippen LogP contribution in [0, 0.1) is 6.92 Å². The molecule has 0 aliphatic carbocycles. The average molecular weight is 286 g/mol. The molecule has 0 radical (unpaired) electrons. The summed E-state index contributed by atoms with van der Waals surface area (Å²) in [7, 11) is 1.86. The molecular formula is C15H18N4O2. The molecule has 0 aliphatic heterocycles. The Morgan fingerprint density at radius 2 is 2.14 bits per heavy atom. The lowest BCUT2D eigenvalue weighted by molar-refractivity contribution is 0.102. The highest BCUT2D eigenvalue weighted by atomic mass is 16.3. The molecule has 0 saturated heterocycles. The summed E-state index contributed by atoms with van der Waals surface area (Å²) in [5.41, 5.74) is 2.02. The minimum Gasteiger partial charge on any atom is -0.395 e. The first kappa shape index (κ1) is 14.9. The van der Waals surface area contributed by atoms with E-state index in [1.807, 2.05) is 31.0 Å². The van der Waals surface area contributed by atoms with Gasteiger partial charge in [0, 0.05) is 19.3 Å². The number of aryl methyl sites for hydroxylation is 1. The molecule has 0 spiro atoms. The second-order valence-corrected chi connectivity index (χ2v) is 4.67. The van der Waals surface area contributed by atoms with Crippen molar-refractivity contribution in [3.05, 3.63) is 47.9 Å². The van der Waals surface area contributed by atoms with Gasteiger partial charge in [-0.25, -0.2) is 9.97 Å². The number of hydrogen-bond donors (Lipinski definition) is 2. The van der Waals surface area contributed by atoms with Gasteiger partial charge in [-0.1, -0.05) is 6.07 Å². The van der Waals surface area contributed by atoms with E-state index in [1.54, 1.807) is 24.4 Å². The normalized spacial score (nSPS) is 10.2. The zero-order chi connectivity index (χ0) is 15.2. The van der Waals surface area contributed by atoms with E-state index in [9.17, 15) is 4.79 Å². The van der Waals surface area contributed by atoms with Gasteiger partial charge < -0.3 is 15.3 Å². The Morgan fingerprint density at radius 1 is 1.33 bits per heavy atom. The lowest BCUT2D eigenvalue weighted by Crippen LogP contribution is -2.21. The van der Waals surface area contributed by atoms with E-state index in [0.29, 0.717) is 18.1 Å². The minimum atomic E-state index is -0.289. The summed E-state index contributed by atoms with van der Waals surface area (Å²) in [6.45, 7) is 2.44. The standard InChI is InChI=1S/C15H18N4O2/c1-11-4-3-5-13(17-11)15(21)18-14-7-6-12(10-16-14)19(2)8-9-20/h3-7,10,20H,8-9H2,1-2H3,(H,16,18,21). The quantitative estimate of drug-likeness (QED) is 0.870. The van der Waals surface area contributed by atoms with Crippen LogP contribution in [0.15, 0.2) is 36.5 Å². The first-order valence-electron chi connectivity index (χ1n) is 6.63. The smallest absolute Gasteiger partial charge is 0.275 e. The van der Waals surface area contributed by atoms with Crippen LogP contribution in [0.2, 0.25) is 0 Å². The van der Waals surface area contributed by atoms with Crippen LogP contribution in [-0.4, -0.2) is 41.2 Å². The van der Waals surface area contributed by atoms with Crippen molar-refractivity contribution in [1.82, 2.24) is 9.97 Å². The summed E-state index contributed by atoms with van der Waals surface area (Å²) in [6.07, 6.45) is 1.65. The summed E-state index contributed by atoms with van der Waals surface area (Å²) in [5, 5.41) is 11.6. The Bertz CT molecular complexity index is 613. The number of pyridine rings is 2. The first-order valence-corrected chi connectivity index (χ1v) is 6.63. The lowest BCUT2D eigenvalue weighted by Gasteiger charge is -2.17. The number of anilines is 2. The average Bonchev–Trinajstić information content (AvgIpc) is 2.48. The van der Waals surface area contributed by atoms with Crippen molar-refractivity contribution >= 4 is 17.4 Å². The van der Waals surface area contributed by atoms with Gasteiger partial charge >= 0.3 is 0 Å². The van der Waals surface area contributed by atoms with E-state index in [2.05, 4.69) is 15.3 Å². The number of carbonyl (C=O) groups is 1. The third kappa shape index (κ3) is 4.00. The van der Waals surface area contributed by atoms with Crippen LogP contribution in [0.1, 0.15) is 16.2 Å². The van der Waals surface area contributed by atoms with Gasteiger partial charge in [-0.05, 0) is 31.2 Å². The molecule has 2 rings (SSSR count). The van der Waals surface area contributed by atoms with Crippen molar-refractivity contribution in [3.8, 4) is 0 Å². The van der Waals surface area contributed by atoms with Gasteiger partial charge in [0.25, 0.3) is 5.91 Å². The minimum absolute atomic E-state index is 0.0774. The Morgan fingerprint density at radius 3 is 2.76 bits per heavy atom. The zero-order valence-electron chi connectivity index (χ0n) is 12.1. The van der Waals surface area contributed by atoms with Crippen LogP contribution in [-0.2, 0) is 0 Å². The molecule has 6 heteroatoms. The number of rotatable bonds is 5. The summed E-state index contributed by atoms with van der Waals surface area (Å²) in [5.74, 6) is 0.173. The number of nitrogens with one attached hydrogen (secondary N) is 1. The fraction of sp³-hybridized carbons (Fsp3) is 0.267. The van der Waals surface area contributed by atoms with Gasteiger partial charge in [0.15, 0.2) is 0 Å². The fourth-order valence-electron chi connectivity index (χ4n) is 1.81. The Hall–Kier alpha value is -2.47. The Kier molecular flexibility index (Phi) is 4.84. The van der Waals surface area contributed by atoms with Crippen LogP contribution in [0.5, 0.6) is 0 Å². The number of hydrogen-bond acceptors (Lipinski definition) is 5. The topological polar surface area (TPSA) is 78.4 Å². The van der Waals surface area contributed by atoms with Gasteiger partial charge in [0.1, 0.15) is 11.5 Å². The van der Waals surface area contributed by atoms with Crippen LogP contribution in [0.3, 0.4) is 0 Å². The number of aliphatic hydroxyl groups is 1. The molecule has 2 heterocycles. The van der Waals surface area contributed by atoms with Gasteiger partial charge in [-0.15, -0.1) is 0 Å². The maximum absolute atomic E-state index is 12.0. The molecule has 0 aliphatic rings. The molecular weight excluding hydrogens is 268 g/mol. The van der Waals surface area contributed by atoms with Gasteiger partial charge in [-0.2, -0.15) is 0 Å².